The van der Waals surface area contributed by atoms with Crippen molar-refractivity contribution in [2.45, 2.75) is 45.6 Å². The van der Waals surface area contributed by atoms with E-state index in [1.807, 2.05) is 12.1 Å². The highest BCUT2D eigenvalue weighted by molar-refractivity contribution is 5.86. The molecule has 126 valence electrons. The molecule has 0 aliphatic carbocycles. The zero-order valence-corrected chi connectivity index (χ0v) is 13.7. The lowest BCUT2D eigenvalue weighted by Gasteiger charge is -2.06. The van der Waals surface area contributed by atoms with Crippen molar-refractivity contribution in [3.05, 3.63) is 42.0 Å². The van der Waals surface area contributed by atoms with Crippen molar-refractivity contribution in [3.8, 4) is 0 Å². The van der Waals surface area contributed by atoms with Crippen molar-refractivity contribution in [3.63, 3.8) is 0 Å². The van der Waals surface area contributed by atoms with Gasteiger partial charge in [0.05, 0.1) is 6.61 Å². The Morgan fingerprint density at radius 3 is 2.35 bits per heavy atom. The number of carbonyl (C=O) groups excluding carboxylic acids is 2. The van der Waals surface area contributed by atoms with Gasteiger partial charge in [-0.3, -0.25) is 4.79 Å². The van der Waals surface area contributed by atoms with E-state index in [1.54, 1.807) is 19.1 Å². The first-order valence-corrected chi connectivity index (χ1v) is 7.81. The lowest BCUT2D eigenvalue weighted by Crippen LogP contribution is -2.06. The van der Waals surface area contributed by atoms with Crippen LogP contribution in [0.4, 0.5) is 5.69 Å². The van der Waals surface area contributed by atoms with E-state index in [2.05, 4.69) is 6.58 Å². The average molecular weight is 319 g/mol. The van der Waals surface area contributed by atoms with E-state index in [9.17, 15) is 9.59 Å². The first kappa shape index (κ1) is 18.7. The van der Waals surface area contributed by atoms with Crippen molar-refractivity contribution >= 4 is 17.6 Å². The zero-order chi connectivity index (χ0) is 17.1. The normalized spacial score (nSPS) is 10.1. The Labute approximate surface area is 137 Å². The van der Waals surface area contributed by atoms with E-state index in [0.717, 1.165) is 31.2 Å². The summed E-state index contributed by atoms with van der Waals surface area (Å²) in [5.74, 6) is -0.549. The number of ether oxygens (including phenoxy) is 2. The summed E-state index contributed by atoms with van der Waals surface area (Å²) in [6.45, 7) is 5.81. The molecule has 2 N–H and O–H groups in total. The van der Waals surface area contributed by atoms with Crippen molar-refractivity contribution < 1.29 is 19.1 Å². The van der Waals surface area contributed by atoms with Gasteiger partial charge in [0.1, 0.15) is 6.61 Å². The Morgan fingerprint density at radius 1 is 1.04 bits per heavy atom. The van der Waals surface area contributed by atoms with Crippen molar-refractivity contribution in [2.75, 3.05) is 12.3 Å². The molecule has 5 heteroatoms. The molecule has 0 unspecified atom stereocenters. The summed E-state index contributed by atoms with van der Waals surface area (Å²) < 4.78 is 10.2. The van der Waals surface area contributed by atoms with E-state index in [0.29, 0.717) is 24.3 Å². The second kappa shape index (κ2) is 10.4. The second-order valence-corrected chi connectivity index (χ2v) is 5.48. The van der Waals surface area contributed by atoms with Gasteiger partial charge in [0.25, 0.3) is 0 Å². The number of nitrogens with two attached hydrogens (primary N) is 1. The Kier molecular flexibility index (Phi) is 8.50. The molecule has 0 radical (unpaired) electrons. The van der Waals surface area contributed by atoms with Crippen molar-refractivity contribution in [1.82, 2.24) is 0 Å². The van der Waals surface area contributed by atoms with Gasteiger partial charge in [-0.25, -0.2) is 4.79 Å². The van der Waals surface area contributed by atoms with Gasteiger partial charge in [-0.1, -0.05) is 31.6 Å². The molecule has 0 aliphatic heterocycles. The number of esters is 2. The van der Waals surface area contributed by atoms with Crippen LogP contribution in [-0.2, 0) is 25.7 Å². The fourth-order valence-electron chi connectivity index (χ4n) is 1.86. The third kappa shape index (κ3) is 8.66. The number of rotatable bonds is 10. The van der Waals surface area contributed by atoms with Gasteiger partial charge in [-0.15, -0.1) is 0 Å². The van der Waals surface area contributed by atoms with Crippen LogP contribution in [0.3, 0.4) is 0 Å². The number of benzene rings is 1. The molecule has 0 aromatic heterocycles. The quantitative estimate of drug-likeness (QED) is 0.309. The maximum absolute atomic E-state index is 11.6. The lowest BCUT2D eigenvalue weighted by molar-refractivity contribution is -0.145. The molecule has 1 aromatic carbocycles. The molecule has 0 fully saturated rings. The molecule has 1 rings (SSSR count). The van der Waals surface area contributed by atoms with Gasteiger partial charge in [0.2, 0.25) is 0 Å². The molecular formula is C18H25NO4. The van der Waals surface area contributed by atoms with Crippen LogP contribution in [0.1, 0.15) is 44.6 Å². The first-order chi connectivity index (χ1) is 11.0. The summed E-state index contributed by atoms with van der Waals surface area (Å²) in [7, 11) is 0. The smallest absolute Gasteiger partial charge is 0.333 e. The average Bonchev–Trinajstić information content (AvgIpc) is 2.53. The number of nitrogen functional groups attached to an aromatic ring is 1. The molecule has 1 aromatic rings. The number of hydrogen-bond donors (Lipinski definition) is 1. The Hall–Kier alpha value is -2.30. The van der Waals surface area contributed by atoms with Gasteiger partial charge in [-0.05, 0) is 37.5 Å². The highest BCUT2D eigenvalue weighted by Crippen LogP contribution is 2.09. The van der Waals surface area contributed by atoms with Gasteiger partial charge in [0.15, 0.2) is 0 Å². The minimum Gasteiger partial charge on any atom is -0.462 e. The Balaban J connectivity index is 2.01. The predicted octanol–water partition coefficient (Wildman–Crippen LogP) is 3.38. The van der Waals surface area contributed by atoms with Gasteiger partial charge < -0.3 is 15.2 Å². The number of unbranched alkanes of at least 4 members (excludes halogenated alkanes) is 3. The summed E-state index contributed by atoms with van der Waals surface area (Å²) in [6, 6.07) is 7.25. The molecular weight excluding hydrogens is 294 g/mol. The largest absolute Gasteiger partial charge is 0.462 e. The van der Waals surface area contributed by atoms with E-state index < -0.39 is 0 Å². The van der Waals surface area contributed by atoms with Gasteiger partial charge >= 0.3 is 11.9 Å². The third-order valence-electron chi connectivity index (χ3n) is 3.24. The van der Waals surface area contributed by atoms with Crippen LogP contribution in [0.25, 0.3) is 0 Å². The van der Waals surface area contributed by atoms with Crippen LogP contribution in [0.2, 0.25) is 0 Å². The predicted molar refractivity (Wildman–Crippen MR) is 89.5 cm³/mol. The lowest BCUT2D eigenvalue weighted by atomic mass is 10.1. The van der Waals surface area contributed by atoms with E-state index in [4.69, 9.17) is 15.2 Å². The SMILES string of the molecule is C=C(C)C(=O)OCCCCCCC(=O)OCc1ccc(N)cc1. The summed E-state index contributed by atoms with van der Waals surface area (Å²) in [6.07, 6.45) is 3.78. The summed E-state index contributed by atoms with van der Waals surface area (Å²) in [4.78, 5) is 22.7. The second-order valence-electron chi connectivity index (χ2n) is 5.48. The van der Waals surface area contributed by atoms with Gasteiger partial charge in [0, 0.05) is 17.7 Å². The first-order valence-electron chi connectivity index (χ1n) is 7.81. The molecule has 0 amide bonds. The molecule has 0 spiro atoms. The molecule has 0 saturated heterocycles. The van der Waals surface area contributed by atoms with Crippen LogP contribution in [-0.4, -0.2) is 18.5 Å². The Morgan fingerprint density at radius 2 is 1.70 bits per heavy atom. The van der Waals surface area contributed by atoms with Gasteiger partial charge in [-0.2, -0.15) is 0 Å². The van der Waals surface area contributed by atoms with Crippen LogP contribution in [0.5, 0.6) is 0 Å². The highest BCUT2D eigenvalue weighted by Gasteiger charge is 2.04. The molecule has 0 saturated carbocycles. The summed E-state index contributed by atoms with van der Waals surface area (Å²) in [5, 5.41) is 0. The van der Waals surface area contributed by atoms with Crippen LogP contribution < -0.4 is 5.73 Å². The van der Waals surface area contributed by atoms with E-state index in [-0.39, 0.29) is 18.5 Å². The van der Waals surface area contributed by atoms with Crippen molar-refractivity contribution in [1.29, 1.82) is 0 Å². The molecule has 0 aliphatic rings. The van der Waals surface area contributed by atoms with E-state index in [1.165, 1.54) is 0 Å². The molecule has 23 heavy (non-hydrogen) atoms. The summed E-state index contributed by atoms with van der Waals surface area (Å²) >= 11 is 0. The van der Waals surface area contributed by atoms with Crippen LogP contribution in [0, 0.1) is 0 Å². The third-order valence-corrected chi connectivity index (χ3v) is 3.24. The topological polar surface area (TPSA) is 78.6 Å². The number of hydrogen-bond acceptors (Lipinski definition) is 5. The minimum atomic E-state index is -0.351. The maximum Gasteiger partial charge on any atom is 0.333 e. The highest BCUT2D eigenvalue weighted by atomic mass is 16.5. The molecule has 0 atom stereocenters. The number of anilines is 1. The molecule has 0 bridgehead atoms. The van der Waals surface area contributed by atoms with Crippen LogP contribution >= 0.6 is 0 Å². The van der Waals surface area contributed by atoms with E-state index >= 15 is 0 Å². The fraction of sp³-hybridized carbons (Fsp3) is 0.444. The standard InChI is InChI=1S/C18H25NO4/c1-14(2)18(21)22-12-6-4-3-5-7-17(20)23-13-15-8-10-16(19)11-9-15/h8-11H,1,3-7,12-13,19H2,2H3. The fourth-order valence-corrected chi connectivity index (χ4v) is 1.86. The monoisotopic (exact) mass is 319 g/mol. The molecule has 5 nitrogen and oxygen atoms in total. The summed E-state index contributed by atoms with van der Waals surface area (Å²) in [5.41, 5.74) is 7.61. The zero-order valence-electron chi connectivity index (χ0n) is 13.7. The van der Waals surface area contributed by atoms with Crippen molar-refractivity contribution in [2.24, 2.45) is 0 Å². The number of carbonyl (C=O) groups is 2. The maximum atomic E-state index is 11.6. The minimum absolute atomic E-state index is 0.199. The molecule has 0 heterocycles. The Bertz CT molecular complexity index is 522. The van der Waals surface area contributed by atoms with Crippen LogP contribution in [0.15, 0.2) is 36.4 Å².